The van der Waals surface area contributed by atoms with Crippen molar-refractivity contribution in [1.82, 2.24) is 14.5 Å². The molecule has 5 heteroatoms. The molecule has 0 bridgehead atoms. The van der Waals surface area contributed by atoms with Gasteiger partial charge in [-0.25, -0.2) is 9.37 Å². The zero-order valence-corrected chi connectivity index (χ0v) is 11.4. The van der Waals surface area contributed by atoms with Gasteiger partial charge in [0.1, 0.15) is 5.82 Å². The highest BCUT2D eigenvalue weighted by atomic mass is 19.1. The van der Waals surface area contributed by atoms with E-state index in [2.05, 4.69) is 14.5 Å². The Kier molecular flexibility index (Phi) is 3.80. The minimum absolute atomic E-state index is 0.212. The van der Waals surface area contributed by atoms with Crippen LogP contribution in [0.25, 0.3) is 5.69 Å². The number of benzene rings is 1. The summed E-state index contributed by atoms with van der Waals surface area (Å²) >= 11 is 0. The molecule has 1 aromatic heterocycles. The molecule has 20 heavy (non-hydrogen) atoms. The summed E-state index contributed by atoms with van der Waals surface area (Å²) in [6, 6.07) is 6.55. The second-order valence-electron chi connectivity index (χ2n) is 5.15. The molecule has 0 fully saturated rings. The molecule has 0 saturated carbocycles. The largest absolute Gasteiger partial charge is 0.330 e. The SMILES string of the molecule is NCCCN1CCc2c(ncn2-c2ccc(F)cc2)C1. The van der Waals surface area contributed by atoms with E-state index in [4.69, 9.17) is 5.73 Å². The first-order chi connectivity index (χ1) is 9.78. The molecule has 0 aliphatic carbocycles. The summed E-state index contributed by atoms with van der Waals surface area (Å²) < 4.78 is 15.1. The van der Waals surface area contributed by atoms with E-state index >= 15 is 0 Å². The van der Waals surface area contributed by atoms with Crippen molar-refractivity contribution in [2.75, 3.05) is 19.6 Å². The third-order valence-corrected chi connectivity index (χ3v) is 3.77. The van der Waals surface area contributed by atoms with Crippen molar-refractivity contribution >= 4 is 0 Å². The fourth-order valence-corrected chi connectivity index (χ4v) is 2.69. The number of fused-ring (bicyclic) bond motifs is 1. The van der Waals surface area contributed by atoms with Crippen molar-refractivity contribution < 1.29 is 4.39 Å². The summed E-state index contributed by atoms with van der Waals surface area (Å²) in [6.45, 7) is 3.66. The number of nitrogens with zero attached hydrogens (tertiary/aromatic N) is 3. The van der Waals surface area contributed by atoms with Gasteiger partial charge in [0.25, 0.3) is 0 Å². The second kappa shape index (κ2) is 5.73. The Balaban J connectivity index is 1.80. The van der Waals surface area contributed by atoms with Crippen molar-refractivity contribution in [3.05, 3.63) is 47.8 Å². The van der Waals surface area contributed by atoms with E-state index in [0.29, 0.717) is 0 Å². The molecule has 1 aliphatic rings. The predicted octanol–water partition coefficient (Wildman–Crippen LogP) is 1.72. The standard InChI is InChI=1S/C15H19FN4/c16-12-2-4-13(5-3-12)20-11-18-14-10-19(8-1-7-17)9-6-15(14)20/h2-5,11H,1,6-10,17H2. The van der Waals surface area contributed by atoms with Gasteiger partial charge in [-0.15, -0.1) is 0 Å². The van der Waals surface area contributed by atoms with Crippen LogP contribution in [-0.4, -0.2) is 34.1 Å². The molecule has 2 heterocycles. The van der Waals surface area contributed by atoms with Crippen molar-refractivity contribution in [2.45, 2.75) is 19.4 Å². The summed E-state index contributed by atoms with van der Waals surface area (Å²) in [5.74, 6) is -0.212. The van der Waals surface area contributed by atoms with Gasteiger partial charge in [0, 0.05) is 30.9 Å². The van der Waals surface area contributed by atoms with Gasteiger partial charge in [0.2, 0.25) is 0 Å². The lowest BCUT2D eigenvalue weighted by atomic mass is 10.1. The van der Waals surface area contributed by atoms with Crippen LogP contribution in [0.5, 0.6) is 0 Å². The van der Waals surface area contributed by atoms with Gasteiger partial charge in [-0.05, 0) is 43.8 Å². The van der Waals surface area contributed by atoms with Gasteiger partial charge in [0.05, 0.1) is 12.0 Å². The summed E-state index contributed by atoms with van der Waals surface area (Å²) in [4.78, 5) is 6.90. The lowest BCUT2D eigenvalue weighted by Crippen LogP contribution is -2.32. The maximum absolute atomic E-state index is 13.0. The van der Waals surface area contributed by atoms with Gasteiger partial charge < -0.3 is 10.3 Å². The van der Waals surface area contributed by atoms with Crippen LogP contribution in [0.15, 0.2) is 30.6 Å². The molecule has 106 valence electrons. The highest BCUT2D eigenvalue weighted by Gasteiger charge is 2.20. The van der Waals surface area contributed by atoms with Crippen LogP contribution in [0, 0.1) is 5.82 Å². The average molecular weight is 274 g/mol. The van der Waals surface area contributed by atoms with E-state index in [1.165, 1.54) is 17.8 Å². The first kappa shape index (κ1) is 13.3. The Hall–Kier alpha value is -1.72. The van der Waals surface area contributed by atoms with E-state index in [1.807, 2.05) is 6.33 Å². The fourth-order valence-electron chi connectivity index (χ4n) is 2.69. The molecule has 0 radical (unpaired) electrons. The number of halogens is 1. The summed E-state index contributed by atoms with van der Waals surface area (Å²) in [5.41, 5.74) is 8.88. The topological polar surface area (TPSA) is 47.1 Å². The Morgan fingerprint density at radius 2 is 2.05 bits per heavy atom. The van der Waals surface area contributed by atoms with E-state index in [1.54, 1.807) is 12.1 Å². The quantitative estimate of drug-likeness (QED) is 0.923. The lowest BCUT2D eigenvalue weighted by molar-refractivity contribution is 0.248. The monoisotopic (exact) mass is 274 g/mol. The molecule has 4 nitrogen and oxygen atoms in total. The number of rotatable bonds is 4. The van der Waals surface area contributed by atoms with Crippen molar-refractivity contribution in [2.24, 2.45) is 5.73 Å². The molecule has 2 aromatic rings. The summed E-state index contributed by atoms with van der Waals surface area (Å²) in [5, 5.41) is 0. The molecule has 3 rings (SSSR count). The summed E-state index contributed by atoms with van der Waals surface area (Å²) in [7, 11) is 0. The van der Waals surface area contributed by atoms with E-state index in [9.17, 15) is 4.39 Å². The number of imidazole rings is 1. The van der Waals surface area contributed by atoms with Gasteiger partial charge in [-0.1, -0.05) is 0 Å². The number of aromatic nitrogens is 2. The van der Waals surface area contributed by atoms with Crippen LogP contribution >= 0.6 is 0 Å². The van der Waals surface area contributed by atoms with Crippen LogP contribution in [0.1, 0.15) is 17.8 Å². The molecule has 0 atom stereocenters. The van der Waals surface area contributed by atoms with Crippen molar-refractivity contribution in [1.29, 1.82) is 0 Å². The zero-order chi connectivity index (χ0) is 13.9. The molecule has 0 spiro atoms. The second-order valence-corrected chi connectivity index (χ2v) is 5.15. The van der Waals surface area contributed by atoms with Crippen LogP contribution < -0.4 is 5.73 Å². The Labute approximate surface area is 118 Å². The smallest absolute Gasteiger partial charge is 0.123 e. The van der Waals surface area contributed by atoms with E-state index in [0.717, 1.165) is 50.4 Å². The zero-order valence-electron chi connectivity index (χ0n) is 11.4. The van der Waals surface area contributed by atoms with E-state index in [-0.39, 0.29) is 5.82 Å². The van der Waals surface area contributed by atoms with Crippen LogP contribution in [0.2, 0.25) is 0 Å². The fraction of sp³-hybridized carbons (Fsp3) is 0.400. The predicted molar refractivity (Wildman–Crippen MR) is 76.2 cm³/mol. The molecule has 2 N–H and O–H groups in total. The first-order valence-electron chi connectivity index (χ1n) is 7.01. The Morgan fingerprint density at radius 1 is 1.25 bits per heavy atom. The highest BCUT2D eigenvalue weighted by molar-refractivity contribution is 5.36. The number of hydrogen-bond acceptors (Lipinski definition) is 3. The summed E-state index contributed by atoms with van der Waals surface area (Å²) in [6.07, 6.45) is 3.83. The maximum atomic E-state index is 13.0. The molecule has 1 aliphatic heterocycles. The van der Waals surface area contributed by atoms with Crippen LogP contribution in [-0.2, 0) is 13.0 Å². The first-order valence-corrected chi connectivity index (χ1v) is 7.01. The van der Waals surface area contributed by atoms with Crippen molar-refractivity contribution in [3.8, 4) is 5.69 Å². The molecule has 0 unspecified atom stereocenters. The van der Waals surface area contributed by atoms with Gasteiger partial charge in [0.15, 0.2) is 0 Å². The molecular weight excluding hydrogens is 255 g/mol. The minimum Gasteiger partial charge on any atom is -0.330 e. The Bertz CT molecular complexity index is 576. The molecule has 1 aromatic carbocycles. The molecular formula is C15H19FN4. The number of nitrogens with two attached hydrogens (primary N) is 1. The van der Waals surface area contributed by atoms with Crippen LogP contribution in [0.4, 0.5) is 4.39 Å². The van der Waals surface area contributed by atoms with Crippen molar-refractivity contribution in [3.63, 3.8) is 0 Å². The normalized spacial score (nSPS) is 15.3. The highest BCUT2D eigenvalue weighted by Crippen LogP contribution is 2.21. The van der Waals surface area contributed by atoms with Gasteiger partial charge >= 0.3 is 0 Å². The molecule has 0 saturated heterocycles. The Morgan fingerprint density at radius 3 is 2.80 bits per heavy atom. The van der Waals surface area contributed by atoms with Gasteiger partial charge in [-0.2, -0.15) is 0 Å². The maximum Gasteiger partial charge on any atom is 0.123 e. The van der Waals surface area contributed by atoms with Crippen LogP contribution in [0.3, 0.4) is 0 Å². The number of hydrogen-bond donors (Lipinski definition) is 1. The third kappa shape index (κ3) is 2.59. The van der Waals surface area contributed by atoms with Gasteiger partial charge in [-0.3, -0.25) is 4.90 Å². The molecule has 0 amide bonds. The average Bonchev–Trinajstić information content (AvgIpc) is 2.89. The minimum atomic E-state index is -0.212. The third-order valence-electron chi connectivity index (χ3n) is 3.77. The lowest BCUT2D eigenvalue weighted by Gasteiger charge is -2.26. The van der Waals surface area contributed by atoms with E-state index < -0.39 is 0 Å².